The summed E-state index contributed by atoms with van der Waals surface area (Å²) in [6.07, 6.45) is 0. The monoisotopic (exact) mass is 241 g/mol. The number of benzene rings is 2. The average Bonchev–Trinajstić information content (AvgIpc) is 2.87. The Morgan fingerprint density at radius 2 is 1.89 bits per heavy atom. The summed E-state index contributed by atoms with van der Waals surface area (Å²) in [5.74, 6) is -0.970. The minimum atomic E-state index is -0.710. The molecule has 1 saturated heterocycles. The molecule has 1 fully saturated rings. The highest BCUT2D eigenvalue weighted by Gasteiger charge is 2.34. The summed E-state index contributed by atoms with van der Waals surface area (Å²) in [7, 11) is 0. The quantitative estimate of drug-likeness (QED) is 0.847. The lowest BCUT2D eigenvalue weighted by molar-refractivity contribution is -0.141. The van der Waals surface area contributed by atoms with Crippen molar-refractivity contribution in [3.63, 3.8) is 0 Å². The minimum absolute atomic E-state index is 0.0635. The molecule has 0 amide bonds. The Labute approximate surface area is 105 Å². The summed E-state index contributed by atoms with van der Waals surface area (Å²) in [5, 5.41) is 14.8. The molecule has 0 aromatic heterocycles. The molecule has 0 spiro atoms. The second kappa shape index (κ2) is 4.42. The molecule has 3 nitrogen and oxygen atoms in total. The molecule has 0 aliphatic carbocycles. The fourth-order valence-electron chi connectivity index (χ4n) is 2.84. The predicted molar refractivity (Wildman–Crippen MR) is 70.7 cm³/mol. The largest absolute Gasteiger partial charge is 0.481 e. The number of aliphatic carboxylic acids is 1. The number of carboxylic acids is 1. The highest BCUT2D eigenvalue weighted by Crippen LogP contribution is 2.33. The van der Waals surface area contributed by atoms with Crippen LogP contribution in [-0.4, -0.2) is 24.2 Å². The molecule has 1 aliphatic rings. The molecular formula is C15H15NO2. The van der Waals surface area contributed by atoms with E-state index < -0.39 is 5.97 Å². The van der Waals surface area contributed by atoms with E-state index in [4.69, 9.17) is 0 Å². The van der Waals surface area contributed by atoms with Gasteiger partial charge in [0.25, 0.3) is 0 Å². The predicted octanol–water partition coefficient (Wildman–Crippen LogP) is 2.23. The molecule has 3 heteroatoms. The third-order valence-electron chi connectivity index (χ3n) is 3.75. The zero-order valence-electron chi connectivity index (χ0n) is 9.97. The van der Waals surface area contributed by atoms with Gasteiger partial charge in [0.1, 0.15) is 0 Å². The van der Waals surface area contributed by atoms with E-state index in [9.17, 15) is 9.90 Å². The maximum Gasteiger partial charge on any atom is 0.308 e. The molecule has 18 heavy (non-hydrogen) atoms. The van der Waals surface area contributed by atoms with Gasteiger partial charge in [0.2, 0.25) is 0 Å². The zero-order valence-corrected chi connectivity index (χ0v) is 9.97. The molecule has 1 heterocycles. The Morgan fingerprint density at radius 1 is 1.11 bits per heavy atom. The number of carbonyl (C=O) groups is 1. The topological polar surface area (TPSA) is 49.3 Å². The van der Waals surface area contributed by atoms with E-state index >= 15 is 0 Å². The summed E-state index contributed by atoms with van der Waals surface area (Å²) >= 11 is 0. The van der Waals surface area contributed by atoms with Crippen LogP contribution in [0.3, 0.4) is 0 Å². The SMILES string of the molecule is O=C(O)[C@@H]1CNC[C@H]1c1cccc2ccccc12. The number of nitrogens with one attached hydrogen (secondary N) is 1. The second-order valence-electron chi connectivity index (χ2n) is 4.78. The van der Waals surface area contributed by atoms with Crippen LogP contribution in [0.4, 0.5) is 0 Å². The van der Waals surface area contributed by atoms with Crippen LogP contribution in [0.2, 0.25) is 0 Å². The fraction of sp³-hybridized carbons (Fsp3) is 0.267. The zero-order chi connectivity index (χ0) is 12.5. The molecule has 2 N–H and O–H groups in total. The van der Waals surface area contributed by atoms with Gasteiger partial charge in [-0.25, -0.2) is 0 Å². The molecule has 0 saturated carbocycles. The van der Waals surface area contributed by atoms with E-state index in [2.05, 4.69) is 29.6 Å². The van der Waals surface area contributed by atoms with Gasteiger partial charge < -0.3 is 10.4 Å². The van der Waals surface area contributed by atoms with E-state index in [0.717, 1.165) is 12.1 Å². The first-order valence-corrected chi connectivity index (χ1v) is 6.18. The van der Waals surface area contributed by atoms with Gasteiger partial charge in [-0.3, -0.25) is 4.79 Å². The lowest BCUT2D eigenvalue weighted by atomic mass is 9.86. The Hall–Kier alpha value is -1.87. The second-order valence-corrected chi connectivity index (χ2v) is 4.78. The highest BCUT2D eigenvalue weighted by molar-refractivity contribution is 5.87. The first kappa shape index (κ1) is 11.2. The van der Waals surface area contributed by atoms with Crippen molar-refractivity contribution in [2.45, 2.75) is 5.92 Å². The van der Waals surface area contributed by atoms with Crippen LogP contribution in [0.1, 0.15) is 11.5 Å². The fourth-order valence-corrected chi connectivity index (χ4v) is 2.84. The first-order chi connectivity index (χ1) is 8.77. The molecule has 0 radical (unpaired) electrons. The van der Waals surface area contributed by atoms with Crippen molar-refractivity contribution in [3.8, 4) is 0 Å². The molecular weight excluding hydrogens is 226 g/mol. The Kier molecular flexibility index (Phi) is 2.76. The van der Waals surface area contributed by atoms with Gasteiger partial charge in [0.15, 0.2) is 0 Å². The molecule has 2 aromatic rings. The van der Waals surface area contributed by atoms with Crippen molar-refractivity contribution in [3.05, 3.63) is 48.0 Å². The van der Waals surface area contributed by atoms with Gasteiger partial charge in [-0.2, -0.15) is 0 Å². The van der Waals surface area contributed by atoms with Gasteiger partial charge in [0.05, 0.1) is 5.92 Å². The van der Waals surface area contributed by atoms with Gasteiger partial charge in [0, 0.05) is 19.0 Å². The van der Waals surface area contributed by atoms with Crippen LogP contribution < -0.4 is 5.32 Å². The summed E-state index contributed by atoms with van der Waals surface area (Å²) in [6, 6.07) is 14.3. The lowest BCUT2D eigenvalue weighted by Gasteiger charge is -2.17. The third kappa shape index (κ3) is 1.77. The number of rotatable bonds is 2. The molecule has 0 bridgehead atoms. The van der Waals surface area contributed by atoms with Crippen molar-refractivity contribution in [2.24, 2.45) is 5.92 Å². The lowest BCUT2D eigenvalue weighted by Crippen LogP contribution is -2.21. The van der Waals surface area contributed by atoms with Gasteiger partial charge in [-0.15, -0.1) is 0 Å². The highest BCUT2D eigenvalue weighted by atomic mass is 16.4. The van der Waals surface area contributed by atoms with Crippen molar-refractivity contribution in [1.82, 2.24) is 5.32 Å². The normalized spacial score (nSPS) is 23.3. The van der Waals surface area contributed by atoms with Crippen LogP contribution in [-0.2, 0) is 4.79 Å². The van der Waals surface area contributed by atoms with Crippen molar-refractivity contribution < 1.29 is 9.90 Å². The summed E-state index contributed by atoms with van der Waals surface area (Å²) in [4.78, 5) is 11.3. The van der Waals surface area contributed by atoms with Crippen LogP contribution in [0.5, 0.6) is 0 Å². The van der Waals surface area contributed by atoms with Crippen LogP contribution >= 0.6 is 0 Å². The maximum atomic E-state index is 11.3. The van der Waals surface area contributed by atoms with Crippen molar-refractivity contribution in [2.75, 3.05) is 13.1 Å². The van der Waals surface area contributed by atoms with Gasteiger partial charge in [-0.1, -0.05) is 42.5 Å². The Balaban J connectivity index is 2.11. The average molecular weight is 241 g/mol. The van der Waals surface area contributed by atoms with E-state index in [1.165, 1.54) is 10.8 Å². The van der Waals surface area contributed by atoms with Crippen LogP contribution in [0.25, 0.3) is 10.8 Å². The third-order valence-corrected chi connectivity index (χ3v) is 3.75. The molecule has 2 atom stereocenters. The first-order valence-electron chi connectivity index (χ1n) is 6.18. The number of fused-ring (bicyclic) bond motifs is 1. The van der Waals surface area contributed by atoms with Crippen molar-refractivity contribution in [1.29, 1.82) is 0 Å². The van der Waals surface area contributed by atoms with Crippen LogP contribution in [0, 0.1) is 5.92 Å². The van der Waals surface area contributed by atoms with Gasteiger partial charge >= 0.3 is 5.97 Å². The molecule has 1 aliphatic heterocycles. The smallest absolute Gasteiger partial charge is 0.308 e. The number of hydrogen-bond acceptors (Lipinski definition) is 2. The number of carboxylic acid groups (broad SMARTS) is 1. The molecule has 0 unspecified atom stereocenters. The van der Waals surface area contributed by atoms with Crippen molar-refractivity contribution >= 4 is 16.7 Å². The Morgan fingerprint density at radius 3 is 2.72 bits per heavy atom. The Bertz CT molecular complexity index is 589. The van der Waals surface area contributed by atoms with E-state index in [-0.39, 0.29) is 11.8 Å². The minimum Gasteiger partial charge on any atom is -0.481 e. The molecule has 92 valence electrons. The summed E-state index contributed by atoms with van der Waals surface area (Å²) < 4.78 is 0. The summed E-state index contributed by atoms with van der Waals surface area (Å²) in [6.45, 7) is 1.30. The number of hydrogen-bond donors (Lipinski definition) is 2. The summed E-state index contributed by atoms with van der Waals surface area (Å²) in [5.41, 5.74) is 1.14. The van der Waals surface area contributed by atoms with E-state index in [1.807, 2.05) is 18.2 Å². The van der Waals surface area contributed by atoms with Gasteiger partial charge in [-0.05, 0) is 16.3 Å². The molecule has 3 rings (SSSR count). The molecule has 2 aromatic carbocycles. The van der Waals surface area contributed by atoms with Crippen LogP contribution in [0.15, 0.2) is 42.5 Å². The van der Waals surface area contributed by atoms with E-state index in [0.29, 0.717) is 6.54 Å². The maximum absolute atomic E-state index is 11.3. The standard InChI is InChI=1S/C15H15NO2/c17-15(18)14-9-16-8-13(14)12-7-3-5-10-4-1-2-6-11(10)12/h1-7,13-14,16H,8-9H2,(H,17,18)/t13-,14+/m0/s1. The van der Waals surface area contributed by atoms with E-state index in [1.54, 1.807) is 0 Å².